The number of carbonyl (C=O) groups is 2. The largest absolute Gasteiger partial charge is 0.464 e. The second-order valence-electron chi connectivity index (χ2n) is 10.1. The zero-order valence-electron chi connectivity index (χ0n) is 23.6. The van der Waals surface area contributed by atoms with Gasteiger partial charge in [0.1, 0.15) is 13.2 Å². The van der Waals surface area contributed by atoms with Gasteiger partial charge in [-0.15, -0.1) is 0 Å². The summed E-state index contributed by atoms with van der Waals surface area (Å²) < 4.78 is 24.6. The average Bonchev–Trinajstić information content (AvgIpc) is 2.81. The van der Waals surface area contributed by atoms with Crippen LogP contribution in [-0.4, -0.2) is 38.9 Å². The first-order valence-electron chi connectivity index (χ1n) is 14.1. The van der Waals surface area contributed by atoms with Crippen LogP contribution in [0.25, 0.3) is 0 Å². The van der Waals surface area contributed by atoms with Gasteiger partial charge in [0, 0.05) is 13.8 Å². The highest BCUT2D eigenvalue weighted by atomic mass is 33.1. The summed E-state index contributed by atoms with van der Waals surface area (Å²) in [6.45, 7) is 12.1. The quantitative estimate of drug-likeness (QED) is 0.0746. The van der Waals surface area contributed by atoms with E-state index < -0.39 is 14.6 Å². The van der Waals surface area contributed by atoms with Crippen LogP contribution in [0.2, 0.25) is 0 Å². The molecule has 0 saturated heterocycles. The molecule has 0 N–H and O–H groups in total. The number of ether oxygens (including phenoxy) is 2. The van der Waals surface area contributed by atoms with Crippen molar-refractivity contribution in [3.63, 3.8) is 0 Å². The van der Waals surface area contributed by atoms with E-state index in [9.17, 15) is 13.8 Å². The van der Waals surface area contributed by atoms with E-state index in [0.717, 1.165) is 103 Å². The van der Waals surface area contributed by atoms with Gasteiger partial charge in [-0.25, -0.2) is 4.21 Å². The molecule has 0 aliphatic heterocycles. The molecule has 0 heterocycles. The Labute approximate surface area is 222 Å². The van der Waals surface area contributed by atoms with Crippen molar-refractivity contribution in [1.29, 1.82) is 0 Å². The minimum absolute atomic E-state index is 0.197. The molecule has 7 heteroatoms. The highest BCUT2D eigenvalue weighted by Crippen LogP contribution is 2.45. The van der Waals surface area contributed by atoms with E-state index in [2.05, 4.69) is 27.7 Å². The van der Waals surface area contributed by atoms with Gasteiger partial charge < -0.3 is 9.47 Å². The second kappa shape index (κ2) is 20.5. The molecule has 0 rings (SSSR count). The van der Waals surface area contributed by atoms with Crippen LogP contribution >= 0.6 is 10.8 Å². The average molecular weight is 535 g/mol. The molecule has 5 nitrogen and oxygen atoms in total. The third-order valence-electron chi connectivity index (χ3n) is 6.63. The van der Waals surface area contributed by atoms with Crippen LogP contribution in [0.15, 0.2) is 0 Å². The number of carbonyl (C=O) groups excluding carboxylic acids is 2. The topological polar surface area (TPSA) is 69.7 Å². The SMILES string of the molecule is CCCCCC(CCCCC)(COC(C)=O)S[S@](=O)C(CCCCC)(CCCCC)COC(C)=O. The summed E-state index contributed by atoms with van der Waals surface area (Å²) >= 11 is 0. The number of hydrogen-bond donors (Lipinski definition) is 0. The Kier molecular flexibility index (Phi) is 20.2. The first kappa shape index (κ1) is 34.4. The number of esters is 2. The van der Waals surface area contributed by atoms with Crippen LogP contribution in [-0.2, 0) is 28.9 Å². The third-order valence-corrected chi connectivity index (χ3v) is 11.5. The molecule has 0 saturated carbocycles. The van der Waals surface area contributed by atoms with Crippen molar-refractivity contribution in [1.82, 2.24) is 0 Å². The van der Waals surface area contributed by atoms with Gasteiger partial charge in [0.15, 0.2) is 0 Å². The predicted octanol–water partition coefficient (Wildman–Crippen LogP) is 8.31. The lowest BCUT2D eigenvalue weighted by Crippen LogP contribution is -2.42. The smallest absolute Gasteiger partial charge is 0.302 e. The first-order valence-corrected chi connectivity index (χ1v) is 16.6. The number of unbranched alkanes of at least 4 members (excludes halogenated alkanes) is 8. The summed E-state index contributed by atoms with van der Waals surface area (Å²) in [6.07, 6.45) is 16.1. The standard InChI is InChI=1S/C28H54O5S2/c1-7-11-15-19-27(20-16-12-8-2,23-32-25(5)29)34-35(31)28(21-17-13-9-3,22-18-14-10-4)24-33-26(6)30/h7-24H2,1-6H3/t35-/m0/s1. The molecule has 0 unspecified atom stereocenters. The minimum atomic E-state index is -1.29. The Balaban J connectivity index is 6.12. The van der Waals surface area contributed by atoms with Gasteiger partial charge in [0.25, 0.3) is 0 Å². The van der Waals surface area contributed by atoms with Crippen LogP contribution < -0.4 is 0 Å². The zero-order valence-corrected chi connectivity index (χ0v) is 25.2. The Morgan fingerprint density at radius 3 is 1.37 bits per heavy atom. The Morgan fingerprint density at radius 2 is 1.00 bits per heavy atom. The molecule has 0 radical (unpaired) electrons. The van der Waals surface area contributed by atoms with E-state index in [-0.39, 0.29) is 23.3 Å². The molecule has 0 bridgehead atoms. The van der Waals surface area contributed by atoms with Crippen molar-refractivity contribution < 1.29 is 23.3 Å². The number of hydrogen-bond acceptors (Lipinski definition) is 6. The van der Waals surface area contributed by atoms with Crippen LogP contribution in [0.1, 0.15) is 144 Å². The molecule has 0 aromatic rings. The van der Waals surface area contributed by atoms with E-state index in [1.165, 1.54) is 24.6 Å². The molecule has 35 heavy (non-hydrogen) atoms. The summed E-state index contributed by atoms with van der Waals surface area (Å²) in [5.74, 6) is -0.608. The highest BCUT2D eigenvalue weighted by Gasteiger charge is 2.43. The molecule has 0 aliphatic rings. The van der Waals surface area contributed by atoms with E-state index >= 15 is 0 Å². The molecular formula is C28H54O5S2. The van der Waals surface area contributed by atoms with Crippen molar-refractivity contribution in [2.45, 2.75) is 154 Å². The molecular weight excluding hydrogens is 480 g/mol. The van der Waals surface area contributed by atoms with Gasteiger partial charge in [-0.1, -0.05) is 116 Å². The van der Waals surface area contributed by atoms with Crippen molar-refractivity contribution in [2.24, 2.45) is 0 Å². The third kappa shape index (κ3) is 15.3. The normalized spacial score (nSPS) is 13.0. The molecule has 0 spiro atoms. The molecule has 0 fully saturated rings. The van der Waals surface area contributed by atoms with Gasteiger partial charge in [0.2, 0.25) is 0 Å². The zero-order chi connectivity index (χ0) is 26.6. The van der Waals surface area contributed by atoms with E-state index in [0.29, 0.717) is 6.61 Å². The predicted molar refractivity (Wildman–Crippen MR) is 151 cm³/mol. The van der Waals surface area contributed by atoms with Crippen LogP contribution in [0.5, 0.6) is 0 Å². The Hall–Kier alpha value is -0.560. The number of rotatable bonds is 23. The molecule has 0 aliphatic carbocycles. The maximum atomic E-state index is 14.3. The summed E-state index contributed by atoms with van der Waals surface area (Å²) in [5, 5.41) is 0. The van der Waals surface area contributed by atoms with E-state index in [1.54, 1.807) is 0 Å². The van der Waals surface area contributed by atoms with Crippen LogP contribution in [0, 0.1) is 0 Å². The summed E-state index contributed by atoms with van der Waals surface area (Å²) in [6, 6.07) is 0. The van der Waals surface area contributed by atoms with Gasteiger partial charge in [-0.2, -0.15) is 0 Å². The fourth-order valence-electron chi connectivity index (χ4n) is 4.36. The van der Waals surface area contributed by atoms with Gasteiger partial charge in [0.05, 0.1) is 19.3 Å². The van der Waals surface area contributed by atoms with Gasteiger partial charge in [-0.05, 0) is 25.7 Å². The lowest BCUT2D eigenvalue weighted by Gasteiger charge is -2.38. The monoisotopic (exact) mass is 534 g/mol. The Bertz CT molecular complexity index is 574. The molecule has 208 valence electrons. The maximum Gasteiger partial charge on any atom is 0.302 e. The highest BCUT2D eigenvalue weighted by molar-refractivity contribution is 8.70. The first-order chi connectivity index (χ1) is 16.7. The molecule has 1 atom stereocenters. The molecule has 0 aromatic carbocycles. The van der Waals surface area contributed by atoms with Crippen LogP contribution in [0.4, 0.5) is 0 Å². The summed E-state index contributed by atoms with van der Waals surface area (Å²) in [7, 11) is 0.227. The summed E-state index contributed by atoms with van der Waals surface area (Å²) in [4.78, 5) is 23.6. The summed E-state index contributed by atoms with van der Waals surface area (Å²) in [5.41, 5.74) is 0. The lowest BCUT2D eigenvalue weighted by molar-refractivity contribution is -0.142. The fraction of sp³-hybridized carbons (Fsp3) is 0.929. The molecule has 0 amide bonds. The fourth-order valence-corrected chi connectivity index (χ4v) is 8.98. The second-order valence-corrected chi connectivity index (χ2v) is 13.8. The molecule has 0 aromatic heterocycles. The van der Waals surface area contributed by atoms with E-state index in [1.807, 2.05) is 0 Å². The van der Waals surface area contributed by atoms with Crippen LogP contribution in [0.3, 0.4) is 0 Å². The minimum Gasteiger partial charge on any atom is -0.464 e. The van der Waals surface area contributed by atoms with Crippen molar-refractivity contribution >= 4 is 32.6 Å². The van der Waals surface area contributed by atoms with Gasteiger partial charge in [-0.3, -0.25) is 9.59 Å². The Morgan fingerprint density at radius 1 is 0.629 bits per heavy atom. The van der Waals surface area contributed by atoms with E-state index in [4.69, 9.17) is 9.47 Å². The maximum absolute atomic E-state index is 14.3. The van der Waals surface area contributed by atoms with Gasteiger partial charge >= 0.3 is 11.9 Å². The lowest BCUT2D eigenvalue weighted by atomic mass is 9.94. The van der Waals surface area contributed by atoms with Crippen molar-refractivity contribution in [2.75, 3.05) is 13.2 Å². The van der Waals surface area contributed by atoms with Crippen molar-refractivity contribution in [3.8, 4) is 0 Å². The van der Waals surface area contributed by atoms with Crippen molar-refractivity contribution in [3.05, 3.63) is 0 Å².